The Morgan fingerprint density at radius 2 is 1.95 bits per heavy atom. The number of ether oxygens (including phenoxy) is 1. The van der Waals surface area contributed by atoms with Gasteiger partial charge >= 0.3 is 6.98 Å². The standard InChI is InChI=1S/C13H11BF4NO/c15-13-8-11(3-4-12(13)14(16,17)18)20-7-5-10-2-1-6-19-9-10/h1-4,6,8-9H,5,7H2/q-1. The molecule has 1 heterocycles. The van der Waals surface area contributed by atoms with E-state index >= 15 is 0 Å². The van der Waals surface area contributed by atoms with Crippen LogP contribution in [0.15, 0.2) is 42.7 Å². The highest BCUT2D eigenvalue weighted by Gasteiger charge is 2.28. The van der Waals surface area contributed by atoms with E-state index in [0.717, 1.165) is 17.7 Å². The summed E-state index contributed by atoms with van der Waals surface area (Å²) in [4.78, 5) is 3.92. The van der Waals surface area contributed by atoms with Crippen LogP contribution in [0.1, 0.15) is 5.56 Å². The Balaban J connectivity index is 1.96. The Morgan fingerprint density at radius 3 is 2.55 bits per heavy atom. The van der Waals surface area contributed by atoms with Crippen LogP contribution in [0.25, 0.3) is 0 Å². The topological polar surface area (TPSA) is 22.1 Å². The molecule has 0 fully saturated rings. The van der Waals surface area contributed by atoms with Gasteiger partial charge in [0.05, 0.1) is 12.4 Å². The fraction of sp³-hybridized carbons (Fsp3) is 0.154. The average Bonchev–Trinajstić information content (AvgIpc) is 2.38. The Hall–Kier alpha value is -2.05. The van der Waals surface area contributed by atoms with E-state index in [9.17, 15) is 17.3 Å². The summed E-state index contributed by atoms with van der Waals surface area (Å²) in [6.45, 7) is -5.10. The Morgan fingerprint density at radius 1 is 1.15 bits per heavy atom. The number of hydrogen-bond acceptors (Lipinski definition) is 2. The number of nitrogens with zero attached hydrogens (tertiary/aromatic N) is 1. The average molecular weight is 284 g/mol. The van der Waals surface area contributed by atoms with Gasteiger partial charge in [0.2, 0.25) is 0 Å². The smallest absolute Gasteiger partial charge is 0.493 e. The lowest BCUT2D eigenvalue weighted by molar-refractivity contribution is 0.320. The third-order valence-electron chi connectivity index (χ3n) is 2.71. The molecule has 0 atom stereocenters. The number of halogens is 4. The molecule has 2 nitrogen and oxygen atoms in total. The molecule has 0 aliphatic rings. The maximum absolute atomic E-state index is 13.3. The number of pyridine rings is 1. The van der Waals surface area contributed by atoms with Gasteiger partial charge in [-0.3, -0.25) is 4.98 Å². The van der Waals surface area contributed by atoms with E-state index in [4.69, 9.17) is 4.74 Å². The first kappa shape index (κ1) is 14.4. The lowest BCUT2D eigenvalue weighted by atomic mass is 9.80. The minimum absolute atomic E-state index is 0.0789. The molecular weight excluding hydrogens is 273 g/mol. The predicted octanol–water partition coefficient (Wildman–Crippen LogP) is 2.90. The van der Waals surface area contributed by atoms with Crippen molar-refractivity contribution in [1.82, 2.24) is 4.98 Å². The maximum atomic E-state index is 13.3. The molecule has 0 bridgehead atoms. The van der Waals surface area contributed by atoms with Crippen LogP contribution in [-0.2, 0) is 6.42 Å². The molecule has 0 aliphatic heterocycles. The maximum Gasteiger partial charge on any atom is 0.512 e. The second-order valence-corrected chi connectivity index (χ2v) is 4.22. The predicted molar refractivity (Wildman–Crippen MR) is 68.5 cm³/mol. The van der Waals surface area contributed by atoms with Gasteiger partial charge in [0.25, 0.3) is 0 Å². The van der Waals surface area contributed by atoms with Gasteiger partial charge in [0.1, 0.15) is 5.75 Å². The van der Waals surface area contributed by atoms with Crippen LogP contribution in [0.4, 0.5) is 17.3 Å². The SMILES string of the molecule is Fc1cc(OCCc2cccnc2)ccc1[B-](F)(F)F. The van der Waals surface area contributed by atoms with Crippen molar-refractivity contribution in [1.29, 1.82) is 0 Å². The Kier molecular flexibility index (Phi) is 4.27. The molecule has 20 heavy (non-hydrogen) atoms. The van der Waals surface area contributed by atoms with Gasteiger partial charge in [-0.1, -0.05) is 17.6 Å². The van der Waals surface area contributed by atoms with Crippen LogP contribution < -0.4 is 10.2 Å². The molecule has 0 saturated heterocycles. The summed E-state index contributed by atoms with van der Waals surface area (Å²) in [6.07, 6.45) is 3.84. The number of aromatic nitrogens is 1. The first-order valence-corrected chi connectivity index (χ1v) is 5.98. The highest BCUT2D eigenvalue weighted by atomic mass is 19.4. The molecule has 106 valence electrons. The van der Waals surface area contributed by atoms with Crippen LogP contribution in [0, 0.1) is 5.82 Å². The van der Waals surface area contributed by atoms with Gasteiger partial charge in [0.15, 0.2) is 0 Å². The lowest BCUT2D eigenvalue weighted by Gasteiger charge is -2.16. The lowest BCUT2D eigenvalue weighted by Crippen LogP contribution is -2.36. The molecule has 2 aromatic rings. The van der Waals surface area contributed by atoms with Gasteiger partial charge in [0, 0.05) is 24.9 Å². The van der Waals surface area contributed by atoms with Gasteiger partial charge in [-0.05, 0) is 17.7 Å². The van der Waals surface area contributed by atoms with Gasteiger partial charge in [-0.15, -0.1) is 0 Å². The van der Waals surface area contributed by atoms with Gasteiger partial charge < -0.3 is 17.7 Å². The first-order valence-electron chi connectivity index (χ1n) is 5.98. The quantitative estimate of drug-likeness (QED) is 0.622. The van der Waals surface area contributed by atoms with Crippen molar-refractivity contribution in [2.75, 3.05) is 6.61 Å². The minimum Gasteiger partial charge on any atom is -0.493 e. The molecular formula is C13H11BF4NO-. The molecule has 0 N–H and O–H groups in total. The van der Waals surface area contributed by atoms with Gasteiger partial charge in [-0.2, -0.15) is 0 Å². The molecule has 0 spiro atoms. The summed E-state index contributed by atoms with van der Waals surface area (Å²) < 4.78 is 55.8. The van der Waals surface area contributed by atoms with E-state index in [1.165, 1.54) is 0 Å². The van der Waals surface area contributed by atoms with Crippen LogP contribution in [0.3, 0.4) is 0 Å². The van der Waals surface area contributed by atoms with Crippen LogP contribution in [0.2, 0.25) is 0 Å². The molecule has 1 aromatic carbocycles. The molecule has 0 amide bonds. The zero-order valence-corrected chi connectivity index (χ0v) is 10.4. The molecule has 0 aliphatic carbocycles. The van der Waals surface area contributed by atoms with Crippen molar-refractivity contribution < 1.29 is 22.1 Å². The summed E-state index contributed by atoms with van der Waals surface area (Å²) in [5, 5.41) is 0. The van der Waals surface area contributed by atoms with Crippen molar-refractivity contribution in [3.05, 3.63) is 54.1 Å². The second-order valence-electron chi connectivity index (χ2n) is 4.22. The van der Waals surface area contributed by atoms with Crippen LogP contribution >= 0.6 is 0 Å². The summed E-state index contributed by atoms with van der Waals surface area (Å²) in [5.41, 5.74) is -0.298. The Labute approximate surface area is 113 Å². The van der Waals surface area contributed by atoms with Crippen molar-refractivity contribution >= 4 is 12.4 Å². The highest BCUT2D eigenvalue weighted by molar-refractivity contribution is 6.73. The summed E-state index contributed by atoms with van der Waals surface area (Å²) in [6, 6.07) is 6.21. The van der Waals surface area contributed by atoms with E-state index in [1.807, 2.05) is 6.07 Å². The van der Waals surface area contributed by atoms with Crippen molar-refractivity contribution in [2.45, 2.75) is 6.42 Å². The van der Waals surface area contributed by atoms with Crippen molar-refractivity contribution in [3.8, 4) is 5.75 Å². The van der Waals surface area contributed by atoms with E-state index in [2.05, 4.69) is 4.98 Å². The van der Waals surface area contributed by atoms with Crippen LogP contribution in [0.5, 0.6) is 5.75 Å². The van der Waals surface area contributed by atoms with Crippen molar-refractivity contribution in [3.63, 3.8) is 0 Å². The van der Waals surface area contributed by atoms with E-state index in [-0.39, 0.29) is 12.4 Å². The molecule has 7 heteroatoms. The second kappa shape index (κ2) is 5.94. The van der Waals surface area contributed by atoms with E-state index < -0.39 is 18.3 Å². The number of benzene rings is 1. The summed E-state index contributed by atoms with van der Waals surface area (Å²) in [5.74, 6) is -1.23. The summed E-state index contributed by atoms with van der Waals surface area (Å²) in [7, 11) is 0. The van der Waals surface area contributed by atoms with E-state index in [1.54, 1.807) is 18.5 Å². The Bertz CT molecular complexity index is 574. The normalized spacial score (nSPS) is 11.4. The van der Waals surface area contributed by atoms with Crippen molar-refractivity contribution in [2.24, 2.45) is 0 Å². The van der Waals surface area contributed by atoms with E-state index in [0.29, 0.717) is 12.5 Å². The molecule has 0 saturated carbocycles. The minimum atomic E-state index is -5.34. The summed E-state index contributed by atoms with van der Waals surface area (Å²) >= 11 is 0. The van der Waals surface area contributed by atoms with Gasteiger partial charge in [-0.25, -0.2) is 4.39 Å². The molecule has 0 unspecified atom stereocenters. The number of hydrogen-bond donors (Lipinski definition) is 0. The zero-order chi connectivity index (χ0) is 14.6. The highest BCUT2D eigenvalue weighted by Crippen LogP contribution is 2.17. The fourth-order valence-corrected chi connectivity index (χ4v) is 1.70. The largest absolute Gasteiger partial charge is 0.512 e. The fourth-order valence-electron chi connectivity index (χ4n) is 1.70. The zero-order valence-electron chi connectivity index (χ0n) is 10.4. The third kappa shape index (κ3) is 3.72. The van der Waals surface area contributed by atoms with Crippen LogP contribution in [-0.4, -0.2) is 18.6 Å². The monoisotopic (exact) mass is 284 g/mol. The molecule has 0 radical (unpaired) electrons. The first-order chi connectivity index (χ1) is 9.47. The molecule has 1 aromatic heterocycles. The number of rotatable bonds is 5. The third-order valence-corrected chi connectivity index (χ3v) is 2.71. The molecule has 2 rings (SSSR count).